The Morgan fingerprint density at radius 1 is 0.585 bits per heavy atom. The second-order valence-electron chi connectivity index (χ2n) is 14.3. The Bertz CT molecular complexity index is 1890. The Morgan fingerprint density at radius 2 is 1.15 bits per heavy atom. The molecule has 4 heterocycles. The summed E-state index contributed by atoms with van der Waals surface area (Å²) in [7, 11) is 0. The first-order valence-electron chi connectivity index (χ1n) is 14.6. The molecule has 0 saturated heterocycles. The lowest BCUT2D eigenvalue weighted by Crippen LogP contribution is -2.23. The summed E-state index contributed by atoms with van der Waals surface area (Å²) in [6, 6.07) is 23.7. The third-order valence-corrected chi connectivity index (χ3v) is 8.08. The Morgan fingerprint density at radius 3 is 1.71 bits per heavy atom. The fraction of sp³-hybridized carbons (Fsp3) is 0.324. The van der Waals surface area contributed by atoms with Crippen LogP contribution in [0.25, 0.3) is 50.1 Å². The molecule has 0 amide bonds. The van der Waals surface area contributed by atoms with Crippen molar-refractivity contribution in [1.82, 2.24) is 19.4 Å². The van der Waals surface area contributed by atoms with E-state index >= 15 is 0 Å². The molecule has 6 rings (SSSR count). The molecule has 0 radical (unpaired) electrons. The van der Waals surface area contributed by atoms with Crippen LogP contribution >= 0.6 is 0 Å². The van der Waals surface area contributed by atoms with Crippen molar-refractivity contribution in [2.75, 3.05) is 0 Å². The highest BCUT2D eigenvalue weighted by Gasteiger charge is 2.33. The standard InChI is InChI=1S/C37H40N4/c1-35(2,3)24-21-27(36(4,5)6)29(28(22-24)37(7,8)9)32-30(23-15-11-10-12-16-23)40-34-26-18-13-19-38-31(26)25-17-14-20-39-33(25)41(32)34/h10-22H,1-9H3. The van der Waals surface area contributed by atoms with Crippen molar-refractivity contribution in [3.05, 3.63) is 95.8 Å². The Labute approximate surface area is 243 Å². The lowest BCUT2D eigenvalue weighted by Gasteiger charge is -2.34. The zero-order chi connectivity index (χ0) is 29.3. The minimum absolute atomic E-state index is 0.0103. The van der Waals surface area contributed by atoms with Crippen LogP contribution < -0.4 is 0 Å². The van der Waals surface area contributed by atoms with Gasteiger partial charge in [-0.2, -0.15) is 0 Å². The number of benzene rings is 2. The molecule has 4 heteroatoms. The highest BCUT2D eigenvalue weighted by molar-refractivity contribution is 6.10. The van der Waals surface area contributed by atoms with Gasteiger partial charge in [0.1, 0.15) is 11.3 Å². The normalized spacial score (nSPS) is 13.0. The van der Waals surface area contributed by atoms with Gasteiger partial charge in [0.2, 0.25) is 0 Å². The third-order valence-electron chi connectivity index (χ3n) is 8.08. The molecule has 0 saturated carbocycles. The first-order valence-corrected chi connectivity index (χ1v) is 14.6. The van der Waals surface area contributed by atoms with Gasteiger partial charge in [0.25, 0.3) is 0 Å². The van der Waals surface area contributed by atoms with E-state index in [0.29, 0.717) is 0 Å². The van der Waals surface area contributed by atoms with E-state index in [2.05, 4.69) is 121 Å². The fourth-order valence-electron chi connectivity index (χ4n) is 5.91. The zero-order valence-electron chi connectivity index (χ0n) is 25.8. The Kier molecular flexibility index (Phi) is 6.11. The van der Waals surface area contributed by atoms with Gasteiger partial charge < -0.3 is 0 Å². The largest absolute Gasteiger partial charge is 0.275 e. The van der Waals surface area contributed by atoms with Gasteiger partial charge >= 0.3 is 0 Å². The van der Waals surface area contributed by atoms with Crippen LogP contribution in [0.4, 0.5) is 0 Å². The van der Waals surface area contributed by atoms with Crippen molar-refractivity contribution < 1.29 is 0 Å². The maximum absolute atomic E-state index is 5.44. The Hall–Kier alpha value is -4.05. The highest BCUT2D eigenvalue weighted by Crippen LogP contribution is 2.47. The molecule has 0 N–H and O–H groups in total. The minimum atomic E-state index is -0.115. The summed E-state index contributed by atoms with van der Waals surface area (Å²) in [5.74, 6) is 0. The maximum atomic E-state index is 5.44. The summed E-state index contributed by atoms with van der Waals surface area (Å²) in [6.45, 7) is 20.9. The number of aromatic nitrogens is 4. The molecule has 4 nitrogen and oxygen atoms in total. The number of hydrogen-bond donors (Lipinski definition) is 0. The van der Waals surface area contributed by atoms with Gasteiger partial charge in [0.15, 0.2) is 0 Å². The molecule has 2 aromatic carbocycles. The SMILES string of the molecule is CC(C)(C)c1cc(C(C)(C)C)c(-c2c(-c3ccccc3)nc3c4cccnc4c4cccnc4n23)c(C(C)(C)C)c1. The van der Waals surface area contributed by atoms with Gasteiger partial charge in [0.05, 0.1) is 16.9 Å². The number of fused-ring (bicyclic) bond motifs is 6. The van der Waals surface area contributed by atoms with E-state index < -0.39 is 0 Å². The van der Waals surface area contributed by atoms with E-state index in [0.717, 1.165) is 44.5 Å². The first-order chi connectivity index (χ1) is 19.3. The predicted molar refractivity (Wildman–Crippen MR) is 173 cm³/mol. The number of pyridine rings is 3. The summed E-state index contributed by atoms with van der Waals surface area (Å²) in [4.78, 5) is 15.2. The molecule has 0 fully saturated rings. The monoisotopic (exact) mass is 540 g/mol. The van der Waals surface area contributed by atoms with E-state index in [9.17, 15) is 0 Å². The van der Waals surface area contributed by atoms with Gasteiger partial charge in [-0.1, -0.05) is 105 Å². The van der Waals surface area contributed by atoms with Crippen LogP contribution in [0, 0.1) is 0 Å². The second-order valence-corrected chi connectivity index (χ2v) is 14.3. The average molecular weight is 541 g/mol. The van der Waals surface area contributed by atoms with Crippen LogP contribution in [-0.4, -0.2) is 19.4 Å². The summed E-state index contributed by atoms with van der Waals surface area (Å²) in [5, 5.41) is 2.05. The number of hydrogen-bond acceptors (Lipinski definition) is 3. The molecule has 0 aliphatic rings. The minimum Gasteiger partial charge on any atom is -0.275 e. The van der Waals surface area contributed by atoms with E-state index in [1.807, 2.05) is 24.5 Å². The van der Waals surface area contributed by atoms with Crippen LogP contribution in [0.2, 0.25) is 0 Å². The molecule has 0 spiro atoms. The summed E-state index contributed by atoms with van der Waals surface area (Å²) in [5.41, 5.74) is 10.9. The third kappa shape index (κ3) is 4.50. The van der Waals surface area contributed by atoms with Gasteiger partial charge in [-0.25, -0.2) is 9.97 Å². The van der Waals surface area contributed by atoms with Gasteiger partial charge in [-0.3, -0.25) is 9.38 Å². The van der Waals surface area contributed by atoms with Crippen molar-refractivity contribution >= 4 is 27.6 Å². The van der Waals surface area contributed by atoms with Gasteiger partial charge in [0, 0.05) is 34.3 Å². The highest BCUT2D eigenvalue weighted by atomic mass is 15.1. The van der Waals surface area contributed by atoms with Crippen LogP contribution in [0.3, 0.4) is 0 Å². The number of rotatable bonds is 2. The Balaban J connectivity index is 1.93. The summed E-state index contributed by atoms with van der Waals surface area (Å²) < 4.78 is 2.30. The molecule has 0 aliphatic carbocycles. The van der Waals surface area contributed by atoms with E-state index in [1.54, 1.807) is 0 Å². The molecule has 6 aromatic rings. The molecule has 41 heavy (non-hydrogen) atoms. The number of imidazole rings is 1. The first kappa shape index (κ1) is 27.1. The van der Waals surface area contributed by atoms with Crippen molar-refractivity contribution in [3.63, 3.8) is 0 Å². The van der Waals surface area contributed by atoms with Gasteiger partial charge in [-0.05, 0) is 57.2 Å². The van der Waals surface area contributed by atoms with E-state index in [1.165, 1.54) is 22.3 Å². The molecule has 208 valence electrons. The smallest absolute Gasteiger partial charge is 0.149 e. The van der Waals surface area contributed by atoms with Gasteiger partial charge in [-0.15, -0.1) is 0 Å². The molecular weight excluding hydrogens is 500 g/mol. The fourth-order valence-corrected chi connectivity index (χ4v) is 5.91. The van der Waals surface area contributed by atoms with Crippen molar-refractivity contribution in [2.24, 2.45) is 0 Å². The average Bonchev–Trinajstić information content (AvgIpc) is 3.32. The van der Waals surface area contributed by atoms with Crippen LogP contribution in [0.5, 0.6) is 0 Å². The van der Waals surface area contributed by atoms with E-state index in [-0.39, 0.29) is 16.2 Å². The van der Waals surface area contributed by atoms with Crippen molar-refractivity contribution in [2.45, 2.75) is 78.6 Å². The molecule has 0 unspecified atom stereocenters. The van der Waals surface area contributed by atoms with Crippen LogP contribution in [0.1, 0.15) is 79.0 Å². The molecule has 0 bridgehead atoms. The summed E-state index contributed by atoms with van der Waals surface area (Å²) in [6.07, 6.45) is 3.73. The van der Waals surface area contributed by atoms with Crippen molar-refractivity contribution in [1.29, 1.82) is 0 Å². The molecular formula is C37H40N4. The quantitative estimate of drug-likeness (QED) is 0.205. The van der Waals surface area contributed by atoms with Crippen LogP contribution in [-0.2, 0) is 16.2 Å². The molecule has 0 aliphatic heterocycles. The molecule has 0 atom stereocenters. The van der Waals surface area contributed by atoms with Crippen molar-refractivity contribution in [3.8, 4) is 22.5 Å². The number of nitrogens with zero attached hydrogens (tertiary/aromatic N) is 4. The van der Waals surface area contributed by atoms with Crippen LogP contribution in [0.15, 0.2) is 79.1 Å². The predicted octanol–water partition coefficient (Wildman–Crippen LogP) is 9.66. The lowest BCUT2D eigenvalue weighted by atomic mass is 9.71. The maximum Gasteiger partial charge on any atom is 0.149 e. The van der Waals surface area contributed by atoms with E-state index in [4.69, 9.17) is 15.0 Å². The second kappa shape index (κ2) is 9.24. The zero-order valence-corrected chi connectivity index (χ0v) is 25.8. The lowest BCUT2D eigenvalue weighted by molar-refractivity contribution is 0.550. The molecule has 4 aromatic heterocycles. The summed E-state index contributed by atoms with van der Waals surface area (Å²) >= 11 is 0. The topological polar surface area (TPSA) is 43.1 Å².